The molecule has 0 amide bonds. The number of carbonyl (C=O) groups is 2. The molecule has 3 aliphatic rings. The standard InChI is InChI=1S/C18H20O4S/c19-17(20)23(18(21)22)8-7-15-13(9-11-1-2-11)5-6-14(16(15)23)10-12-3-4-12/h5-8,11-12H,1-4,9-10H2,(H,19,20)(H,21,22). The van der Waals surface area contributed by atoms with Crippen LogP contribution in [0, 0.1) is 11.8 Å². The molecule has 0 atom stereocenters. The highest BCUT2D eigenvalue weighted by molar-refractivity contribution is 8.57. The van der Waals surface area contributed by atoms with Crippen LogP contribution in [0.5, 0.6) is 0 Å². The van der Waals surface area contributed by atoms with E-state index in [1.54, 1.807) is 6.08 Å². The molecule has 2 saturated carbocycles. The van der Waals surface area contributed by atoms with Gasteiger partial charge in [-0.15, -0.1) is 0 Å². The lowest BCUT2D eigenvalue weighted by atomic mass is 9.97. The van der Waals surface area contributed by atoms with Crippen LogP contribution in [0.1, 0.15) is 42.4 Å². The minimum Gasteiger partial charge on any atom is -0.473 e. The van der Waals surface area contributed by atoms with Crippen LogP contribution in [0.2, 0.25) is 0 Å². The van der Waals surface area contributed by atoms with E-state index in [2.05, 4.69) is 6.07 Å². The van der Waals surface area contributed by atoms with Crippen LogP contribution in [-0.2, 0) is 12.8 Å². The molecule has 2 aliphatic carbocycles. The largest absolute Gasteiger partial charge is 0.473 e. The minimum atomic E-state index is -2.99. The quantitative estimate of drug-likeness (QED) is 0.805. The van der Waals surface area contributed by atoms with Gasteiger partial charge in [0.2, 0.25) is 0 Å². The molecule has 1 aromatic carbocycles. The van der Waals surface area contributed by atoms with Crippen LogP contribution in [-0.4, -0.2) is 20.8 Å². The zero-order valence-electron chi connectivity index (χ0n) is 12.8. The first-order valence-corrected chi connectivity index (χ1v) is 9.84. The summed E-state index contributed by atoms with van der Waals surface area (Å²) in [6, 6.07) is 4.09. The van der Waals surface area contributed by atoms with Crippen LogP contribution in [0.3, 0.4) is 0 Å². The van der Waals surface area contributed by atoms with Gasteiger partial charge in [0.1, 0.15) is 0 Å². The SMILES string of the molecule is O=C(O)S1(C(=O)O)C=Cc2c(CC3CC3)ccc(CC3CC3)c21. The fourth-order valence-electron chi connectivity index (χ4n) is 3.46. The predicted octanol–water partition coefficient (Wildman–Crippen LogP) is 5.10. The van der Waals surface area contributed by atoms with E-state index in [-0.39, 0.29) is 0 Å². The van der Waals surface area contributed by atoms with Gasteiger partial charge in [0.05, 0.1) is 0 Å². The zero-order chi connectivity index (χ0) is 16.2. The Balaban J connectivity index is 1.87. The Bertz CT molecular complexity index is 715. The lowest BCUT2D eigenvalue weighted by molar-refractivity contribution is 0.215. The summed E-state index contributed by atoms with van der Waals surface area (Å²) in [5.74, 6) is 1.27. The molecule has 4 rings (SSSR count). The molecule has 0 spiro atoms. The van der Waals surface area contributed by atoms with Crippen molar-refractivity contribution >= 4 is 26.7 Å². The molecule has 4 nitrogen and oxygen atoms in total. The fourth-order valence-corrected chi connectivity index (χ4v) is 5.78. The second-order valence-electron chi connectivity index (χ2n) is 6.92. The van der Waals surface area contributed by atoms with Crippen molar-refractivity contribution in [1.82, 2.24) is 0 Å². The zero-order valence-corrected chi connectivity index (χ0v) is 13.6. The average molecular weight is 332 g/mol. The van der Waals surface area contributed by atoms with Gasteiger partial charge in [-0.25, -0.2) is 9.59 Å². The van der Waals surface area contributed by atoms with Gasteiger partial charge in [-0.05, 0) is 78.5 Å². The Morgan fingerprint density at radius 1 is 0.957 bits per heavy atom. The van der Waals surface area contributed by atoms with Crippen molar-refractivity contribution in [3.63, 3.8) is 0 Å². The van der Waals surface area contributed by atoms with Crippen LogP contribution in [0.15, 0.2) is 22.4 Å². The van der Waals surface area contributed by atoms with E-state index in [1.165, 1.54) is 18.2 Å². The molecule has 1 aromatic rings. The van der Waals surface area contributed by atoms with E-state index < -0.39 is 20.6 Å². The molecule has 0 aromatic heterocycles. The van der Waals surface area contributed by atoms with Gasteiger partial charge in [0, 0.05) is 14.9 Å². The summed E-state index contributed by atoms with van der Waals surface area (Å²) in [7, 11) is -2.99. The maximum atomic E-state index is 11.9. The Morgan fingerprint density at radius 3 is 2.00 bits per heavy atom. The van der Waals surface area contributed by atoms with Gasteiger partial charge in [-0.2, -0.15) is 0 Å². The highest BCUT2D eigenvalue weighted by Crippen LogP contribution is 2.65. The highest BCUT2D eigenvalue weighted by atomic mass is 32.3. The van der Waals surface area contributed by atoms with Crippen molar-refractivity contribution in [2.75, 3.05) is 0 Å². The molecular formula is C18H20O4S. The maximum absolute atomic E-state index is 11.9. The number of fused-ring (bicyclic) bond motifs is 1. The second-order valence-corrected chi connectivity index (χ2v) is 9.61. The van der Waals surface area contributed by atoms with Crippen LogP contribution in [0.4, 0.5) is 9.59 Å². The highest BCUT2D eigenvalue weighted by Gasteiger charge is 2.47. The summed E-state index contributed by atoms with van der Waals surface area (Å²) in [6.45, 7) is 0. The molecule has 0 radical (unpaired) electrons. The molecular weight excluding hydrogens is 312 g/mol. The number of hydrogen-bond acceptors (Lipinski definition) is 2. The third-order valence-electron chi connectivity index (χ3n) is 5.09. The number of rotatable bonds is 4. The van der Waals surface area contributed by atoms with Crippen molar-refractivity contribution in [1.29, 1.82) is 0 Å². The summed E-state index contributed by atoms with van der Waals surface area (Å²) in [4.78, 5) is 24.5. The molecule has 0 unspecified atom stereocenters. The molecule has 2 N–H and O–H groups in total. The molecule has 1 heterocycles. The molecule has 23 heavy (non-hydrogen) atoms. The molecule has 0 bridgehead atoms. The van der Waals surface area contributed by atoms with Crippen LogP contribution in [0.25, 0.3) is 6.08 Å². The number of hydrogen-bond donors (Lipinski definition) is 2. The maximum Gasteiger partial charge on any atom is 0.364 e. The third kappa shape index (κ3) is 2.38. The molecule has 5 heteroatoms. The van der Waals surface area contributed by atoms with E-state index in [9.17, 15) is 19.8 Å². The fraction of sp³-hybridized carbons (Fsp3) is 0.444. The Kier molecular flexibility index (Phi) is 3.30. The minimum absolute atomic E-state index is 0.591. The van der Waals surface area contributed by atoms with Crippen molar-refractivity contribution in [3.8, 4) is 0 Å². The first-order valence-electron chi connectivity index (χ1n) is 8.14. The average Bonchev–Trinajstić information content (AvgIpc) is 3.41. The Hall–Kier alpha value is -1.75. The summed E-state index contributed by atoms with van der Waals surface area (Å²) in [5.41, 5.74) is 2.94. The molecule has 1 aliphatic heterocycles. The van der Waals surface area contributed by atoms with Crippen molar-refractivity contribution < 1.29 is 19.8 Å². The van der Waals surface area contributed by atoms with E-state index >= 15 is 0 Å². The molecule has 2 fully saturated rings. The summed E-state index contributed by atoms with van der Waals surface area (Å²) in [6.07, 6.45) is 8.27. The normalized spacial score (nSPS) is 22.6. The van der Waals surface area contributed by atoms with Gasteiger partial charge in [-0.3, -0.25) is 0 Å². The van der Waals surface area contributed by atoms with Crippen LogP contribution >= 0.6 is 10.0 Å². The predicted molar refractivity (Wildman–Crippen MR) is 90.2 cm³/mol. The monoisotopic (exact) mass is 332 g/mol. The van der Waals surface area contributed by atoms with Crippen LogP contribution < -0.4 is 0 Å². The summed E-state index contributed by atoms with van der Waals surface area (Å²) in [5, 5.41) is 18.5. The molecule has 122 valence electrons. The van der Waals surface area contributed by atoms with E-state index in [4.69, 9.17) is 0 Å². The summed E-state index contributed by atoms with van der Waals surface area (Å²) < 4.78 is 0. The first kappa shape index (κ1) is 14.8. The number of carboxylic acid groups (broad SMARTS) is 2. The van der Waals surface area contributed by atoms with Gasteiger partial charge >= 0.3 is 10.6 Å². The molecule has 0 saturated heterocycles. The van der Waals surface area contributed by atoms with E-state index in [1.807, 2.05) is 6.07 Å². The van der Waals surface area contributed by atoms with Crippen molar-refractivity contribution in [2.45, 2.75) is 43.4 Å². The third-order valence-corrected chi connectivity index (χ3v) is 7.86. The smallest absolute Gasteiger partial charge is 0.364 e. The Morgan fingerprint density at radius 2 is 1.48 bits per heavy atom. The topological polar surface area (TPSA) is 74.6 Å². The number of benzene rings is 1. The lowest BCUT2D eigenvalue weighted by Crippen LogP contribution is -2.17. The Labute approximate surface area is 136 Å². The van der Waals surface area contributed by atoms with Crippen molar-refractivity contribution in [2.24, 2.45) is 11.8 Å². The second kappa shape index (κ2) is 5.13. The van der Waals surface area contributed by atoms with Crippen molar-refractivity contribution in [3.05, 3.63) is 34.2 Å². The van der Waals surface area contributed by atoms with Gasteiger partial charge < -0.3 is 10.2 Å². The lowest BCUT2D eigenvalue weighted by Gasteiger charge is -2.27. The van der Waals surface area contributed by atoms with E-state index in [0.717, 1.165) is 42.4 Å². The summed E-state index contributed by atoms with van der Waals surface area (Å²) >= 11 is 0. The van der Waals surface area contributed by atoms with Gasteiger partial charge in [-0.1, -0.05) is 12.1 Å². The van der Waals surface area contributed by atoms with E-state index in [0.29, 0.717) is 16.7 Å². The first-order chi connectivity index (χ1) is 11.0. The van der Waals surface area contributed by atoms with Gasteiger partial charge in [0.15, 0.2) is 0 Å². The van der Waals surface area contributed by atoms with Gasteiger partial charge in [0.25, 0.3) is 0 Å².